The summed E-state index contributed by atoms with van der Waals surface area (Å²) in [7, 11) is 0. The van der Waals surface area contributed by atoms with E-state index in [0.29, 0.717) is 0 Å². The molecule has 1 unspecified atom stereocenters. The summed E-state index contributed by atoms with van der Waals surface area (Å²) in [5, 5.41) is 11.8. The van der Waals surface area contributed by atoms with Crippen LogP contribution in [-0.2, 0) is 0 Å². The topological polar surface area (TPSA) is 32.3 Å². The van der Waals surface area contributed by atoms with Crippen LogP contribution in [0, 0.1) is 13.0 Å². The summed E-state index contributed by atoms with van der Waals surface area (Å²) >= 11 is 0. The van der Waals surface area contributed by atoms with Gasteiger partial charge in [0.25, 0.3) is 0 Å². The molecule has 1 aromatic rings. The van der Waals surface area contributed by atoms with Gasteiger partial charge in [-0.1, -0.05) is 6.07 Å². The lowest BCUT2D eigenvalue weighted by Gasteiger charge is -2.08. The van der Waals surface area contributed by atoms with Crippen molar-refractivity contribution in [3.63, 3.8) is 0 Å². The highest BCUT2D eigenvalue weighted by Crippen LogP contribution is 2.08. The molecule has 0 saturated carbocycles. The lowest BCUT2D eigenvalue weighted by Crippen LogP contribution is -2.12. The zero-order valence-electron chi connectivity index (χ0n) is 6.76. The molecule has 0 fully saturated rings. The first-order valence-corrected chi connectivity index (χ1v) is 3.61. The third-order valence-electron chi connectivity index (χ3n) is 1.34. The van der Waals surface area contributed by atoms with Gasteiger partial charge in [0.1, 0.15) is 6.23 Å². The van der Waals surface area contributed by atoms with Crippen LogP contribution in [0.25, 0.3) is 0 Å². The predicted octanol–water partition coefficient (Wildman–Crippen LogP) is 1.55. The highest BCUT2D eigenvalue weighted by molar-refractivity contribution is 5.43. The Hall–Kier alpha value is -1.02. The molecule has 0 amide bonds. The molecule has 1 atom stereocenters. The molecule has 0 bridgehead atoms. The van der Waals surface area contributed by atoms with Crippen molar-refractivity contribution in [1.82, 2.24) is 0 Å². The summed E-state index contributed by atoms with van der Waals surface area (Å²) in [4.78, 5) is 0. The standard InChI is InChI=1S/C9H12NO/c1-7-3-5-9(6-4-7)10-8(2)11/h3,5-6,8,10-11H,1-2H3. The summed E-state index contributed by atoms with van der Waals surface area (Å²) in [5.74, 6) is 0. The number of aliphatic hydroxyl groups excluding tert-OH is 1. The molecule has 0 aliphatic heterocycles. The molecular weight excluding hydrogens is 138 g/mol. The summed E-state index contributed by atoms with van der Waals surface area (Å²) in [6.45, 7) is 3.66. The molecule has 11 heavy (non-hydrogen) atoms. The van der Waals surface area contributed by atoms with E-state index >= 15 is 0 Å². The van der Waals surface area contributed by atoms with E-state index in [1.165, 1.54) is 0 Å². The number of anilines is 1. The highest BCUT2D eigenvalue weighted by Gasteiger charge is 1.93. The lowest BCUT2D eigenvalue weighted by atomic mass is 10.2. The molecule has 1 rings (SSSR count). The van der Waals surface area contributed by atoms with Crippen LogP contribution in [0.5, 0.6) is 0 Å². The summed E-state index contributed by atoms with van der Waals surface area (Å²) < 4.78 is 0. The van der Waals surface area contributed by atoms with Crippen LogP contribution in [0.4, 0.5) is 5.69 Å². The SMILES string of the molecule is Cc1[c]cc(NC(C)O)cc1. The third kappa shape index (κ3) is 2.60. The van der Waals surface area contributed by atoms with E-state index in [-0.39, 0.29) is 0 Å². The fourth-order valence-corrected chi connectivity index (χ4v) is 0.834. The quantitative estimate of drug-likeness (QED) is 0.627. The van der Waals surface area contributed by atoms with Gasteiger partial charge in [-0.25, -0.2) is 0 Å². The molecule has 0 aliphatic rings. The van der Waals surface area contributed by atoms with Crippen molar-refractivity contribution in [2.45, 2.75) is 20.1 Å². The first kappa shape index (κ1) is 8.08. The number of benzene rings is 1. The second-order valence-electron chi connectivity index (χ2n) is 2.58. The maximum Gasteiger partial charge on any atom is 0.121 e. The van der Waals surface area contributed by atoms with E-state index in [9.17, 15) is 0 Å². The number of hydrogen-bond donors (Lipinski definition) is 2. The number of aliphatic hydroxyl groups is 1. The number of aryl methyl sites for hydroxylation is 1. The second-order valence-corrected chi connectivity index (χ2v) is 2.58. The second kappa shape index (κ2) is 3.39. The van der Waals surface area contributed by atoms with Gasteiger partial charge in [-0.05, 0) is 37.6 Å². The Labute approximate surface area is 66.9 Å². The average Bonchev–Trinajstić information content (AvgIpc) is 1.93. The molecule has 0 aromatic heterocycles. The summed E-state index contributed by atoms with van der Waals surface area (Å²) in [6, 6.07) is 8.72. The zero-order valence-corrected chi connectivity index (χ0v) is 6.76. The highest BCUT2D eigenvalue weighted by atomic mass is 16.3. The van der Waals surface area contributed by atoms with Crippen molar-refractivity contribution in [3.8, 4) is 0 Å². The minimum Gasteiger partial charge on any atom is -0.374 e. The fourth-order valence-electron chi connectivity index (χ4n) is 0.834. The van der Waals surface area contributed by atoms with Gasteiger partial charge in [0.05, 0.1) is 0 Å². The van der Waals surface area contributed by atoms with Crippen molar-refractivity contribution >= 4 is 5.69 Å². The number of hydrogen-bond acceptors (Lipinski definition) is 2. The molecule has 1 aromatic carbocycles. The number of rotatable bonds is 2. The first-order chi connectivity index (χ1) is 5.18. The maximum atomic E-state index is 8.95. The smallest absolute Gasteiger partial charge is 0.121 e. The molecule has 0 aliphatic carbocycles. The monoisotopic (exact) mass is 150 g/mol. The molecule has 0 spiro atoms. The van der Waals surface area contributed by atoms with Crippen molar-refractivity contribution < 1.29 is 5.11 Å². The first-order valence-electron chi connectivity index (χ1n) is 3.61. The molecule has 2 heteroatoms. The van der Waals surface area contributed by atoms with E-state index in [2.05, 4.69) is 11.4 Å². The summed E-state index contributed by atoms with van der Waals surface area (Å²) in [5.41, 5.74) is 1.99. The summed E-state index contributed by atoms with van der Waals surface area (Å²) in [6.07, 6.45) is -0.508. The Morgan fingerprint density at radius 3 is 2.73 bits per heavy atom. The third-order valence-corrected chi connectivity index (χ3v) is 1.34. The fraction of sp³-hybridized carbons (Fsp3) is 0.333. The molecule has 2 nitrogen and oxygen atoms in total. The van der Waals surface area contributed by atoms with Crippen LogP contribution in [0.2, 0.25) is 0 Å². The van der Waals surface area contributed by atoms with Gasteiger partial charge in [0.15, 0.2) is 0 Å². The van der Waals surface area contributed by atoms with Crippen LogP contribution < -0.4 is 5.32 Å². The van der Waals surface area contributed by atoms with Gasteiger partial charge in [-0.15, -0.1) is 0 Å². The Kier molecular flexibility index (Phi) is 2.49. The van der Waals surface area contributed by atoms with Crippen molar-refractivity contribution in [1.29, 1.82) is 0 Å². The van der Waals surface area contributed by atoms with E-state index in [1.54, 1.807) is 6.92 Å². The van der Waals surface area contributed by atoms with Crippen LogP contribution in [0.3, 0.4) is 0 Å². The van der Waals surface area contributed by atoms with Crippen LogP contribution >= 0.6 is 0 Å². The Morgan fingerprint density at radius 2 is 2.27 bits per heavy atom. The molecule has 0 heterocycles. The van der Waals surface area contributed by atoms with E-state index in [4.69, 9.17) is 5.11 Å². The zero-order chi connectivity index (χ0) is 8.27. The molecule has 2 N–H and O–H groups in total. The normalized spacial score (nSPS) is 12.6. The molecule has 1 radical (unpaired) electrons. The van der Waals surface area contributed by atoms with Gasteiger partial charge in [0, 0.05) is 5.69 Å². The predicted molar refractivity (Wildman–Crippen MR) is 45.3 cm³/mol. The molecule has 59 valence electrons. The van der Waals surface area contributed by atoms with Gasteiger partial charge in [-0.3, -0.25) is 0 Å². The van der Waals surface area contributed by atoms with Gasteiger partial charge >= 0.3 is 0 Å². The van der Waals surface area contributed by atoms with Crippen molar-refractivity contribution in [2.75, 3.05) is 5.32 Å². The Morgan fingerprint density at radius 1 is 1.55 bits per heavy atom. The van der Waals surface area contributed by atoms with Crippen LogP contribution in [0.1, 0.15) is 12.5 Å². The van der Waals surface area contributed by atoms with E-state index in [0.717, 1.165) is 11.3 Å². The van der Waals surface area contributed by atoms with Crippen LogP contribution in [-0.4, -0.2) is 11.3 Å². The minimum absolute atomic E-state index is 0.508. The lowest BCUT2D eigenvalue weighted by molar-refractivity contribution is 0.224. The van der Waals surface area contributed by atoms with Crippen molar-refractivity contribution in [2.24, 2.45) is 0 Å². The van der Waals surface area contributed by atoms with Crippen molar-refractivity contribution in [3.05, 3.63) is 29.8 Å². The van der Waals surface area contributed by atoms with E-state index < -0.39 is 6.23 Å². The van der Waals surface area contributed by atoms with Gasteiger partial charge < -0.3 is 10.4 Å². The van der Waals surface area contributed by atoms with Crippen LogP contribution in [0.15, 0.2) is 18.2 Å². The van der Waals surface area contributed by atoms with E-state index in [1.807, 2.05) is 25.1 Å². The molecule has 0 saturated heterocycles. The minimum atomic E-state index is -0.508. The van der Waals surface area contributed by atoms with Gasteiger partial charge in [0.2, 0.25) is 0 Å². The molecular formula is C9H12NO. The van der Waals surface area contributed by atoms with Gasteiger partial charge in [-0.2, -0.15) is 0 Å². The number of nitrogens with one attached hydrogen (secondary N) is 1. The Balaban J connectivity index is 2.66. The maximum absolute atomic E-state index is 8.95. The largest absolute Gasteiger partial charge is 0.374 e. The average molecular weight is 150 g/mol. The Bertz CT molecular complexity index is 216.